The van der Waals surface area contributed by atoms with E-state index in [1.54, 1.807) is 10.9 Å². The first-order valence-corrected chi connectivity index (χ1v) is 9.75. The number of rotatable bonds is 5. The first kappa shape index (κ1) is 18.5. The van der Waals surface area contributed by atoms with Crippen molar-refractivity contribution in [3.63, 3.8) is 0 Å². The molecule has 4 rings (SSSR count). The van der Waals surface area contributed by atoms with E-state index in [0.29, 0.717) is 23.6 Å². The van der Waals surface area contributed by atoms with Crippen molar-refractivity contribution in [1.29, 1.82) is 0 Å². The second-order valence-electron chi connectivity index (χ2n) is 7.83. The molecule has 0 aliphatic carbocycles. The molecular formula is C22H26N4O2. The van der Waals surface area contributed by atoms with E-state index in [0.717, 1.165) is 37.4 Å². The maximum atomic E-state index is 13.1. The van der Waals surface area contributed by atoms with Crippen molar-refractivity contribution in [1.82, 2.24) is 20.4 Å². The average Bonchev–Trinajstić information content (AvgIpc) is 3.34. The number of aromatic nitrogens is 2. The van der Waals surface area contributed by atoms with Crippen LogP contribution in [0.1, 0.15) is 35.9 Å². The van der Waals surface area contributed by atoms with Crippen LogP contribution in [0.2, 0.25) is 0 Å². The molecule has 146 valence electrons. The number of piperidine rings is 1. The lowest BCUT2D eigenvalue weighted by molar-refractivity contribution is 0.0922. The Hall–Kier alpha value is -2.86. The van der Waals surface area contributed by atoms with Crippen LogP contribution in [-0.2, 0) is 0 Å². The van der Waals surface area contributed by atoms with Crippen molar-refractivity contribution in [2.24, 2.45) is 5.41 Å². The van der Waals surface area contributed by atoms with Crippen LogP contribution in [-0.4, -0.2) is 35.3 Å². The number of para-hydroxylation sites is 1. The molecule has 2 aromatic heterocycles. The van der Waals surface area contributed by atoms with Crippen LogP contribution >= 0.6 is 0 Å². The molecule has 0 unspecified atom stereocenters. The predicted molar refractivity (Wildman–Crippen MR) is 109 cm³/mol. The van der Waals surface area contributed by atoms with Gasteiger partial charge in [0.2, 0.25) is 0 Å². The fourth-order valence-corrected chi connectivity index (χ4v) is 3.59. The molecule has 1 aromatic carbocycles. The highest BCUT2D eigenvalue weighted by molar-refractivity contribution is 5.99. The highest BCUT2D eigenvalue weighted by Gasteiger charge is 2.28. The van der Waals surface area contributed by atoms with Gasteiger partial charge < -0.3 is 15.1 Å². The number of carbonyl (C=O) groups is 1. The normalized spacial score (nSPS) is 16.1. The molecule has 3 aromatic rings. The molecular weight excluding hydrogens is 352 g/mol. The molecule has 1 saturated heterocycles. The second kappa shape index (κ2) is 7.64. The maximum absolute atomic E-state index is 13.1. The van der Waals surface area contributed by atoms with Crippen LogP contribution in [0, 0.1) is 12.3 Å². The van der Waals surface area contributed by atoms with Gasteiger partial charge in [0.25, 0.3) is 5.91 Å². The third-order valence-electron chi connectivity index (χ3n) is 5.44. The van der Waals surface area contributed by atoms with Crippen LogP contribution in [0.5, 0.6) is 0 Å². The largest absolute Gasteiger partial charge is 0.460 e. The Kier molecular flexibility index (Phi) is 5.05. The fourth-order valence-electron chi connectivity index (χ4n) is 3.59. The Morgan fingerprint density at radius 1 is 1.21 bits per heavy atom. The standard InChI is InChI=1S/C22H26N4O2/c1-16-8-9-19(28-16)20-18(14-26(25-20)17-6-4-3-5-7-17)21(27)24-15-22(2)10-12-23-13-11-22/h3-9,14,23H,10-13,15H2,1-2H3,(H,24,27). The van der Waals surface area contributed by atoms with Gasteiger partial charge in [-0.25, -0.2) is 4.68 Å². The third kappa shape index (κ3) is 3.87. The molecule has 1 amide bonds. The molecule has 6 heteroatoms. The molecule has 1 fully saturated rings. The SMILES string of the molecule is Cc1ccc(-c2nn(-c3ccccc3)cc2C(=O)NCC2(C)CCNCC2)o1. The van der Waals surface area contributed by atoms with Gasteiger partial charge in [0.1, 0.15) is 11.5 Å². The van der Waals surface area contributed by atoms with Gasteiger partial charge in [-0.3, -0.25) is 4.79 Å². The molecule has 28 heavy (non-hydrogen) atoms. The van der Waals surface area contributed by atoms with E-state index >= 15 is 0 Å². The van der Waals surface area contributed by atoms with Gasteiger partial charge in [-0.1, -0.05) is 25.1 Å². The first-order valence-electron chi connectivity index (χ1n) is 9.75. The van der Waals surface area contributed by atoms with Crippen LogP contribution < -0.4 is 10.6 Å². The molecule has 0 spiro atoms. The van der Waals surface area contributed by atoms with Gasteiger partial charge in [0, 0.05) is 12.7 Å². The zero-order valence-electron chi connectivity index (χ0n) is 16.4. The topological polar surface area (TPSA) is 72.1 Å². The van der Waals surface area contributed by atoms with Gasteiger partial charge in [-0.05, 0) is 62.5 Å². The highest BCUT2D eigenvalue weighted by atomic mass is 16.3. The molecule has 3 heterocycles. The third-order valence-corrected chi connectivity index (χ3v) is 5.44. The number of nitrogens with zero attached hydrogens (tertiary/aromatic N) is 2. The summed E-state index contributed by atoms with van der Waals surface area (Å²) in [6, 6.07) is 13.5. The molecule has 0 saturated carbocycles. The van der Waals surface area contributed by atoms with Crippen molar-refractivity contribution < 1.29 is 9.21 Å². The van der Waals surface area contributed by atoms with Crippen molar-refractivity contribution in [2.75, 3.05) is 19.6 Å². The minimum Gasteiger partial charge on any atom is -0.460 e. The van der Waals surface area contributed by atoms with E-state index in [1.165, 1.54) is 0 Å². The summed E-state index contributed by atoms with van der Waals surface area (Å²) in [5.41, 5.74) is 2.11. The van der Waals surface area contributed by atoms with Gasteiger partial charge in [-0.15, -0.1) is 0 Å². The number of carbonyl (C=O) groups excluding carboxylic acids is 1. The van der Waals surface area contributed by atoms with Gasteiger partial charge in [-0.2, -0.15) is 5.10 Å². The van der Waals surface area contributed by atoms with Crippen LogP contribution in [0.3, 0.4) is 0 Å². The zero-order chi connectivity index (χ0) is 19.6. The summed E-state index contributed by atoms with van der Waals surface area (Å²) in [6.45, 7) is 6.76. The van der Waals surface area contributed by atoms with E-state index in [1.807, 2.05) is 49.4 Å². The number of nitrogens with one attached hydrogen (secondary N) is 2. The Morgan fingerprint density at radius 3 is 2.64 bits per heavy atom. The Morgan fingerprint density at radius 2 is 1.96 bits per heavy atom. The number of hydrogen-bond donors (Lipinski definition) is 2. The average molecular weight is 378 g/mol. The second-order valence-corrected chi connectivity index (χ2v) is 7.83. The lowest BCUT2D eigenvalue weighted by Gasteiger charge is -2.34. The summed E-state index contributed by atoms with van der Waals surface area (Å²) in [4.78, 5) is 13.1. The molecule has 0 radical (unpaired) electrons. The van der Waals surface area contributed by atoms with Gasteiger partial charge >= 0.3 is 0 Å². The molecule has 6 nitrogen and oxygen atoms in total. The fraction of sp³-hybridized carbons (Fsp3) is 0.364. The predicted octanol–water partition coefficient (Wildman–Crippen LogP) is 3.56. The van der Waals surface area contributed by atoms with Crippen LogP contribution in [0.15, 0.2) is 53.1 Å². The van der Waals surface area contributed by atoms with Crippen molar-refractivity contribution in [3.05, 3.63) is 60.0 Å². The minimum absolute atomic E-state index is 0.119. The number of aryl methyl sites for hydroxylation is 1. The van der Waals surface area contributed by atoms with Gasteiger partial charge in [0.05, 0.1) is 11.3 Å². The summed E-state index contributed by atoms with van der Waals surface area (Å²) < 4.78 is 7.49. The smallest absolute Gasteiger partial charge is 0.255 e. The van der Waals surface area contributed by atoms with Crippen molar-refractivity contribution >= 4 is 5.91 Å². The molecule has 0 atom stereocenters. The lowest BCUT2D eigenvalue weighted by Crippen LogP contribution is -2.42. The summed E-state index contributed by atoms with van der Waals surface area (Å²) in [6.07, 6.45) is 3.89. The van der Waals surface area contributed by atoms with E-state index in [-0.39, 0.29) is 11.3 Å². The van der Waals surface area contributed by atoms with E-state index in [2.05, 4.69) is 22.7 Å². The number of benzene rings is 1. The lowest BCUT2D eigenvalue weighted by atomic mass is 9.81. The van der Waals surface area contributed by atoms with Gasteiger partial charge in [0.15, 0.2) is 5.76 Å². The maximum Gasteiger partial charge on any atom is 0.255 e. The number of hydrogen-bond acceptors (Lipinski definition) is 4. The quantitative estimate of drug-likeness (QED) is 0.712. The highest BCUT2D eigenvalue weighted by Crippen LogP contribution is 2.28. The van der Waals surface area contributed by atoms with E-state index < -0.39 is 0 Å². The Bertz CT molecular complexity index is 952. The Labute approximate surface area is 164 Å². The van der Waals surface area contributed by atoms with Crippen molar-refractivity contribution in [3.8, 4) is 17.1 Å². The molecule has 2 N–H and O–H groups in total. The Balaban J connectivity index is 1.62. The number of furan rings is 1. The summed E-state index contributed by atoms with van der Waals surface area (Å²) in [7, 11) is 0. The van der Waals surface area contributed by atoms with E-state index in [9.17, 15) is 4.79 Å². The van der Waals surface area contributed by atoms with Crippen molar-refractivity contribution in [2.45, 2.75) is 26.7 Å². The van der Waals surface area contributed by atoms with Crippen LogP contribution in [0.25, 0.3) is 17.1 Å². The minimum atomic E-state index is -0.119. The van der Waals surface area contributed by atoms with E-state index in [4.69, 9.17) is 4.42 Å². The first-order chi connectivity index (χ1) is 13.5. The summed E-state index contributed by atoms with van der Waals surface area (Å²) in [5, 5.41) is 11.2. The number of amides is 1. The molecule has 0 bridgehead atoms. The summed E-state index contributed by atoms with van der Waals surface area (Å²) in [5.74, 6) is 1.27. The zero-order valence-corrected chi connectivity index (χ0v) is 16.4. The monoisotopic (exact) mass is 378 g/mol. The summed E-state index contributed by atoms with van der Waals surface area (Å²) >= 11 is 0. The molecule has 1 aliphatic heterocycles. The molecule has 1 aliphatic rings. The van der Waals surface area contributed by atoms with Crippen LogP contribution in [0.4, 0.5) is 0 Å².